The summed E-state index contributed by atoms with van der Waals surface area (Å²) in [6, 6.07) is 19.2. The molecule has 1 aliphatic heterocycles. The SMILES string of the molecule is C[C@H](C(=O)NCc1ccc(Cl)cc1)N(Cc1ccc(Cl)cc1)C(=O)COc1ccc(S(=O)(=O)N2CCOCC2)cc1. The molecule has 1 heterocycles. The number of nitrogens with zero attached hydrogens (tertiary/aromatic N) is 2. The number of morpholine rings is 1. The number of rotatable bonds is 11. The molecular weight excluding hydrogens is 589 g/mol. The standard InChI is InChI=1S/C29H31Cl2N3O6S/c1-21(29(36)32-18-22-2-6-24(30)7-3-22)34(19-23-4-8-25(31)9-5-23)28(35)20-40-26-10-12-27(13-11-26)41(37,38)33-14-16-39-17-15-33/h2-13,21H,14-20H2,1H3,(H,32,36)/t21-/m1/s1. The predicted molar refractivity (Wildman–Crippen MR) is 156 cm³/mol. The Morgan fingerprint density at radius 3 is 2.07 bits per heavy atom. The van der Waals surface area contributed by atoms with Crippen molar-refractivity contribution in [1.82, 2.24) is 14.5 Å². The maximum atomic E-state index is 13.3. The first kappa shape index (κ1) is 30.8. The van der Waals surface area contributed by atoms with Gasteiger partial charge in [0.25, 0.3) is 5.91 Å². The summed E-state index contributed by atoms with van der Waals surface area (Å²) >= 11 is 12.0. The van der Waals surface area contributed by atoms with E-state index in [1.165, 1.54) is 33.5 Å². The molecule has 0 aliphatic carbocycles. The predicted octanol–water partition coefficient (Wildman–Crippen LogP) is 4.13. The lowest BCUT2D eigenvalue weighted by atomic mass is 10.1. The zero-order valence-corrected chi connectivity index (χ0v) is 24.8. The summed E-state index contributed by atoms with van der Waals surface area (Å²) in [4.78, 5) is 28.0. The van der Waals surface area contributed by atoms with Crippen molar-refractivity contribution in [3.05, 3.63) is 94.0 Å². The van der Waals surface area contributed by atoms with Crippen molar-refractivity contribution in [2.75, 3.05) is 32.9 Å². The van der Waals surface area contributed by atoms with E-state index in [9.17, 15) is 18.0 Å². The molecule has 0 unspecified atom stereocenters. The van der Waals surface area contributed by atoms with Gasteiger partial charge in [0.05, 0.1) is 18.1 Å². The summed E-state index contributed by atoms with van der Waals surface area (Å²) < 4.78 is 38.0. The summed E-state index contributed by atoms with van der Waals surface area (Å²) in [5.41, 5.74) is 1.66. The van der Waals surface area contributed by atoms with Crippen LogP contribution < -0.4 is 10.1 Å². The molecule has 9 nitrogen and oxygen atoms in total. The summed E-state index contributed by atoms with van der Waals surface area (Å²) in [5.74, 6) is -0.426. The zero-order chi connectivity index (χ0) is 29.4. The van der Waals surface area contributed by atoms with E-state index in [2.05, 4.69) is 5.32 Å². The van der Waals surface area contributed by atoms with Crippen molar-refractivity contribution in [3.63, 3.8) is 0 Å². The molecule has 3 aromatic carbocycles. The summed E-state index contributed by atoms with van der Waals surface area (Å²) in [7, 11) is -3.65. The lowest BCUT2D eigenvalue weighted by molar-refractivity contribution is -0.142. The summed E-state index contributed by atoms with van der Waals surface area (Å²) in [6.45, 7) is 3.03. The number of amides is 2. The third-order valence-corrected chi connectivity index (χ3v) is 9.02. The van der Waals surface area contributed by atoms with Crippen LogP contribution >= 0.6 is 23.2 Å². The number of hydrogen-bond donors (Lipinski definition) is 1. The fourth-order valence-corrected chi connectivity index (χ4v) is 5.84. The maximum absolute atomic E-state index is 13.3. The first-order valence-corrected chi connectivity index (χ1v) is 15.2. The van der Waals surface area contributed by atoms with Gasteiger partial charge in [-0.05, 0) is 66.6 Å². The van der Waals surface area contributed by atoms with Crippen LogP contribution in [0.5, 0.6) is 5.75 Å². The Hall–Kier alpha value is -3.15. The number of halogens is 2. The quantitative estimate of drug-likeness (QED) is 0.346. The van der Waals surface area contributed by atoms with E-state index in [0.717, 1.165) is 11.1 Å². The van der Waals surface area contributed by atoms with Gasteiger partial charge in [0.2, 0.25) is 15.9 Å². The normalized spacial score (nSPS) is 14.7. The third kappa shape index (κ3) is 8.43. The molecule has 2 amide bonds. The van der Waals surface area contributed by atoms with Crippen LogP contribution in [0.15, 0.2) is 77.7 Å². The van der Waals surface area contributed by atoms with Gasteiger partial charge in [-0.2, -0.15) is 4.31 Å². The molecule has 0 bridgehead atoms. The van der Waals surface area contributed by atoms with Gasteiger partial charge in [-0.1, -0.05) is 47.5 Å². The molecule has 0 radical (unpaired) electrons. The molecule has 41 heavy (non-hydrogen) atoms. The van der Waals surface area contributed by atoms with Crippen LogP contribution in [0.3, 0.4) is 0 Å². The topological polar surface area (TPSA) is 105 Å². The fourth-order valence-electron chi connectivity index (χ4n) is 4.18. The maximum Gasteiger partial charge on any atom is 0.261 e. The highest BCUT2D eigenvalue weighted by molar-refractivity contribution is 7.89. The van der Waals surface area contributed by atoms with Gasteiger partial charge >= 0.3 is 0 Å². The highest BCUT2D eigenvalue weighted by atomic mass is 35.5. The van der Waals surface area contributed by atoms with Crippen LogP contribution in [0.1, 0.15) is 18.1 Å². The molecule has 218 valence electrons. The van der Waals surface area contributed by atoms with Crippen LogP contribution in [0.4, 0.5) is 0 Å². The minimum absolute atomic E-state index is 0.133. The Morgan fingerprint density at radius 1 is 0.927 bits per heavy atom. The molecule has 0 aromatic heterocycles. The van der Waals surface area contributed by atoms with Crippen molar-refractivity contribution in [3.8, 4) is 5.75 Å². The van der Waals surface area contributed by atoms with Crippen LogP contribution in [-0.2, 0) is 37.4 Å². The van der Waals surface area contributed by atoms with Crippen LogP contribution in [0, 0.1) is 0 Å². The third-order valence-electron chi connectivity index (χ3n) is 6.61. The van der Waals surface area contributed by atoms with Crippen LogP contribution in [0.2, 0.25) is 10.0 Å². The van der Waals surface area contributed by atoms with Gasteiger partial charge in [0, 0.05) is 36.2 Å². The zero-order valence-electron chi connectivity index (χ0n) is 22.5. The smallest absolute Gasteiger partial charge is 0.261 e. The number of sulfonamides is 1. The number of carbonyl (C=O) groups excluding carboxylic acids is 2. The molecule has 0 spiro atoms. The Kier molecular flexibility index (Phi) is 10.6. The lowest BCUT2D eigenvalue weighted by Crippen LogP contribution is -2.48. The second-order valence-electron chi connectivity index (χ2n) is 9.44. The van der Waals surface area contributed by atoms with E-state index in [-0.39, 0.29) is 30.5 Å². The molecular formula is C29H31Cl2N3O6S. The summed E-state index contributed by atoms with van der Waals surface area (Å²) in [6.07, 6.45) is 0. The molecule has 1 saturated heterocycles. The van der Waals surface area contributed by atoms with E-state index in [0.29, 0.717) is 42.1 Å². The summed E-state index contributed by atoms with van der Waals surface area (Å²) in [5, 5.41) is 4.02. The van der Waals surface area contributed by atoms with Crippen LogP contribution in [-0.4, -0.2) is 68.4 Å². The van der Waals surface area contributed by atoms with Crippen molar-refractivity contribution < 1.29 is 27.5 Å². The Bertz CT molecular complexity index is 1430. The first-order valence-electron chi connectivity index (χ1n) is 13.0. The number of carbonyl (C=O) groups is 2. The molecule has 12 heteroatoms. The van der Waals surface area contributed by atoms with Gasteiger partial charge in [0.15, 0.2) is 6.61 Å². The Labute approximate surface area is 250 Å². The van der Waals surface area contributed by atoms with E-state index in [4.69, 9.17) is 32.7 Å². The fraction of sp³-hybridized carbons (Fsp3) is 0.310. The van der Waals surface area contributed by atoms with Crippen LogP contribution in [0.25, 0.3) is 0 Å². The van der Waals surface area contributed by atoms with Crippen molar-refractivity contribution >= 4 is 45.0 Å². The second kappa shape index (κ2) is 14.2. The largest absolute Gasteiger partial charge is 0.484 e. The highest BCUT2D eigenvalue weighted by Crippen LogP contribution is 2.21. The number of ether oxygens (including phenoxy) is 2. The molecule has 1 aliphatic rings. The van der Waals surface area contributed by atoms with Gasteiger partial charge in [0.1, 0.15) is 11.8 Å². The van der Waals surface area contributed by atoms with Crippen molar-refractivity contribution in [2.45, 2.75) is 31.0 Å². The highest BCUT2D eigenvalue weighted by Gasteiger charge is 2.28. The average molecular weight is 621 g/mol. The number of benzene rings is 3. The molecule has 3 aromatic rings. The Balaban J connectivity index is 1.41. The lowest BCUT2D eigenvalue weighted by Gasteiger charge is -2.29. The molecule has 1 N–H and O–H groups in total. The minimum Gasteiger partial charge on any atom is -0.484 e. The van der Waals surface area contributed by atoms with Gasteiger partial charge in [-0.15, -0.1) is 0 Å². The first-order chi connectivity index (χ1) is 19.6. The van der Waals surface area contributed by atoms with Gasteiger partial charge < -0.3 is 19.7 Å². The molecule has 1 atom stereocenters. The van der Waals surface area contributed by atoms with E-state index >= 15 is 0 Å². The monoisotopic (exact) mass is 619 g/mol. The van der Waals surface area contributed by atoms with Crippen molar-refractivity contribution in [1.29, 1.82) is 0 Å². The van der Waals surface area contributed by atoms with E-state index in [1.807, 2.05) is 12.1 Å². The average Bonchev–Trinajstić information content (AvgIpc) is 2.99. The molecule has 0 saturated carbocycles. The molecule has 4 rings (SSSR count). The number of nitrogens with one attached hydrogen (secondary N) is 1. The van der Waals surface area contributed by atoms with E-state index < -0.39 is 22.0 Å². The second-order valence-corrected chi connectivity index (χ2v) is 12.3. The minimum atomic E-state index is -3.65. The number of hydrogen-bond acceptors (Lipinski definition) is 6. The van der Waals surface area contributed by atoms with E-state index in [1.54, 1.807) is 43.3 Å². The molecule has 1 fully saturated rings. The van der Waals surface area contributed by atoms with Crippen molar-refractivity contribution in [2.24, 2.45) is 0 Å². The van der Waals surface area contributed by atoms with Gasteiger partial charge in [-0.3, -0.25) is 9.59 Å². The Morgan fingerprint density at radius 2 is 1.49 bits per heavy atom. The van der Waals surface area contributed by atoms with Gasteiger partial charge in [-0.25, -0.2) is 8.42 Å².